The molecule has 7 heteroatoms. The minimum atomic E-state index is -0.941. The summed E-state index contributed by atoms with van der Waals surface area (Å²) in [7, 11) is 0. The highest BCUT2D eigenvalue weighted by Crippen LogP contribution is 2.29. The Morgan fingerprint density at radius 1 is 1.03 bits per heavy atom. The average molecular weight is 538 g/mol. The molecule has 5 rings (SSSR count). The van der Waals surface area contributed by atoms with E-state index >= 15 is 0 Å². The number of carboxylic acid groups (broad SMARTS) is 1. The summed E-state index contributed by atoms with van der Waals surface area (Å²) in [5, 5.41) is 14.1. The number of hydrogen-bond acceptors (Lipinski definition) is 3. The van der Waals surface area contributed by atoms with Gasteiger partial charge in [-0.05, 0) is 78.9 Å². The Bertz CT molecular complexity index is 1710. The van der Waals surface area contributed by atoms with Crippen molar-refractivity contribution in [2.75, 3.05) is 0 Å². The van der Waals surface area contributed by atoms with Gasteiger partial charge in [-0.2, -0.15) is 0 Å². The zero-order valence-electron chi connectivity index (χ0n) is 21.9. The zero-order valence-corrected chi connectivity index (χ0v) is 22.7. The maximum atomic E-state index is 13.1. The number of halogens is 1. The molecule has 1 atom stereocenters. The van der Waals surface area contributed by atoms with Gasteiger partial charge in [0, 0.05) is 41.1 Å². The molecule has 0 aliphatic rings. The van der Waals surface area contributed by atoms with Crippen LogP contribution in [-0.4, -0.2) is 26.5 Å². The summed E-state index contributed by atoms with van der Waals surface area (Å²) < 4.78 is 2.24. The van der Waals surface area contributed by atoms with Crippen molar-refractivity contribution >= 4 is 34.4 Å². The van der Waals surface area contributed by atoms with E-state index in [-0.39, 0.29) is 17.5 Å². The Morgan fingerprint density at radius 3 is 2.49 bits per heavy atom. The number of carboxylic acids is 1. The van der Waals surface area contributed by atoms with Gasteiger partial charge in [0.25, 0.3) is 5.91 Å². The number of nitrogens with one attached hydrogen (secondary N) is 1. The second-order valence-corrected chi connectivity index (χ2v) is 10.1. The number of aromatic carboxylic acids is 1. The molecular formula is C32H28ClN3O3. The minimum Gasteiger partial charge on any atom is -0.478 e. The Morgan fingerprint density at radius 2 is 1.77 bits per heavy atom. The maximum Gasteiger partial charge on any atom is 0.336 e. The summed E-state index contributed by atoms with van der Waals surface area (Å²) in [5.41, 5.74) is 7.63. The van der Waals surface area contributed by atoms with Crippen LogP contribution in [0.15, 0.2) is 85.2 Å². The normalized spacial score (nSPS) is 11.9. The van der Waals surface area contributed by atoms with E-state index in [0.717, 1.165) is 38.9 Å². The largest absolute Gasteiger partial charge is 0.478 e. The molecule has 0 saturated carbocycles. The van der Waals surface area contributed by atoms with E-state index in [1.54, 1.807) is 24.5 Å². The summed E-state index contributed by atoms with van der Waals surface area (Å²) in [4.78, 5) is 28.7. The Kier molecular flexibility index (Phi) is 7.22. The van der Waals surface area contributed by atoms with Crippen LogP contribution >= 0.6 is 11.6 Å². The van der Waals surface area contributed by atoms with E-state index in [4.69, 9.17) is 11.6 Å². The molecule has 0 unspecified atom stereocenters. The van der Waals surface area contributed by atoms with Crippen LogP contribution in [0.4, 0.5) is 0 Å². The van der Waals surface area contributed by atoms with Crippen molar-refractivity contribution in [3.8, 4) is 11.1 Å². The summed E-state index contributed by atoms with van der Waals surface area (Å²) in [6.07, 6.45) is 3.23. The fourth-order valence-corrected chi connectivity index (χ4v) is 5.27. The van der Waals surface area contributed by atoms with Gasteiger partial charge in [0.1, 0.15) is 0 Å². The van der Waals surface area contributed by atoms with Gasteiger partial charge in [0.2, 0.25) is 0 Å². The van der Waals surface area contributed by atoms with Crippen molar-refractivity contribution in [3.05, 3.63) is 124 Å². The second kappa shape index (κ2) is 10.8. The average Bonchev–Trinajstić information content (AvgIpc) is 3.17. The standard InChI is InChI=1S/C32H28ClN3O3/c1-19-21(3)36(18-22-8-10-23(11-9-22)26-6-4-5-7-27(26)32(38)39)30-13-12-24(16-28(19)30)31(37)35-20(2)25-14-15-34-17-29(25)33/h4-17,20H,18H2,1-3H3,(H,35,37)(H,38,39)/t20-/m0/s1. The lowest BCUT2D eigenvalue weighted by molar-refractivity contribution is 0.0697. The van der Waals surface area contributed by atoms with E-state index in [1.165, 1.54) is 0 Å². The lowest BCUT2D eigenvalue weighted by Gasteiger charge is -2.15. The number of nitrogens with zero attached hydrogens (tertiary/aromatic N) is 2. The van der Waals surface area contributed by atoms with Crippen molar-refractivity contribution in [1.29, 1.82) is 0 Å². The Labute approximate surface area is 231 Å². The van der Waals surface area contributed by atoms with Crippen molar-refractivity contribution in [1.82, 2.24) is 14.9 Å². The number of aromatic nitrogens is 2. The monoisotopic (exact) mass is 537 g/mol. The number of carbonyl (C=O) groups is 2. The first-order valence-electron chi connectivity index (χ1n) is 12.7. The molecule has 3 aromatic carbocycles. The SMILES string of the molecule is Cc1c(C)n(Cc2ccc(-c3ccccc3C(=O)O)cc2)c2ccc(C(=O)N[C@@H](C)c3ccncc3Cl)cc12. The van der Waals surface area contributed by atoms with Crippen molar-refractivity contribution in [2.45, 2.75) is 33.4 Å². The van der Waals surface area contributed by atoms with Crippen LogP contribution in [0, 0.1) is 13.8 Å². The smallest absolute Gasteiger partial charge is 0.336 e. The van der Waals surface area contributed by atoms with Crippen molar-refractivity contribution in [3.63, 3.8) is 0 Å². The summed E-state index contributed by atoms with van der Waals surface area (Å²) >= 11 is 6.25. The number of hydrogen-bond donors (Lipinski definition) is 2. The Hall–Kier alpha value is -4.42. The lowest BCUT2D eigenvalue weighted by atomic mass is 9.99. The molecule has 2 heterocycles. The van der Waals surface area contributed by atoms with Gasteiger partial charge in [-0.1, -0.05) is 54.1 Å². The fraction of sp³-hybridized carbons (Fsp3) is 0.156. The third kappa shape index (κ3) is 5.16. The molecule has 0 radical (unpaired) electrons. The van der Waals surface area contributed by atoms with Crippen LogP contribution in [0.2, 0.25) is 5.02 Å². The number of pyridine rings is 1. The summed E-state index contributed by atoms with van der Waals surface area (Å²) in [6.45, 7) is 6.70. The first kappa shape index (κ1) is 26.2. The first-order valence-corrected chi connectivity index (χ1v) is 13.0. The van der Waals surface area contributed by atoms with E-state index < -0.39 is 5.97 Å². The van der Waals surface area contributed by atoms with Crippen LogP contribution in [-0.2, 0) is 6.54 Å². The molecule has 0 aliphatic heterocycles. The first-order chi connectivity index (χ1) is 18.7. The minimum absolute atomic E-state index is 0.167. The van der Waals surface area contributed by atoms with Crippen LogP contribution in [0.25, 0.3) is 22.0 Å². The molecule has 6 nitrogen and oxygen atoms in total. The van der Waals surface area contributed by atoms with Crippen molar-refractivity contribution in [2.24, 2.45) is 0 Å². The number of aryl methyl sites for hydroxylation is 1. The van der Waals surface area contributed by atoms with Crippen LogP contribution in [0.3, 0.4) is 0 Å². The second-order valence-electron chi connectivity index (χ2n) is 9.67. The van der Waals surface area contributed by atoms with Gasteiger partial charge < -0.3 is 15.0 Å². The summed E-state index contributed by atoms with van der Waals surface area (Å²) in [6, 6.07) is 22.3. The molecule has 0 spiro atoms. The number of rotatable bonds is 7. The molecule has 0 aliphatic carbocycles. The number of fused-ring (bicyclic) bond motifs is 1. The highest BCUT2D eigenvalue weighted by Gasteiger charge is 2.17. The number of benzene rings is 3. The summed E-state index contributed by atoms with van der Waals surface area (Å²) in [5.74, 6) is -1.11. The van der Waals surface area contributed by atoms with Crippen LogP contribution in [0.1, 0.15) is 56.1 Å². The Balaban J connectivity index is 1.39. The van der Waals surface area contributed by atoms with Crippen LogP contribution < -0.4 is 5.32 Å². The van der Waals surface area contributed by atoms with Crippen molar-refractivity contribution < 1.29 is 14.7 Å². The molecule has 0 saturated heterocycles. The van der Waals surface area contributed by atoms with Gasteiger partial charge >= 0.3 is 5.97 Å². The van der Waals surface area contributed by atoms with Gasteiger partial charge in [-0.15, -0.1) is 0 Å². The molecule has 1 amide bonds. The molecule has 2 aromatic heterocycles. The third-order valence-corrected chi connectivity index (χ3v) is 7.60. The highest BCUT2D eigenvalue weighted by atomic mass is 35.5. The number of amides is 1. The molecule has 196 valence electrons. The predicted molar refractivity (Wildman–Crippen MR) is 154 cm³/mol. The molecule has 0 fully saturated rings. The lowest BCUT2D eigenvalue weighted by Crippen LogP contribution is -2.26. The van der Waals surface area contributed by atoms with Gasteiger partial charge in [0.05, 0.1) is 16.6 Å². The number of carbonyl (C=O) groups excluding carboxylic acids is 1. The van der Waals surface area contributed by atoms with E-state index in [9.17, 15) is 14.7 Å². The fourth-order valence-electron chi connectivity index (χ4n) is 4.98. The highest BCUT2D eigenvalue weighted by molar-refractivity contribution is 6.31. The quantitative estimate of drug-likeness (QED) is 0.230. The molecule has 5 aromatic rings. The molecular weight excluding hydrogens is 510 g/mol. The van der Waals surface area contributed by atoms with Gasteiger partial charge in [-0.25, -0.2) is 4.79 Å². The third-order valence-electron chi connectivity index (χ3n) is 7.28. The van der Waals surface area contributed by atoms with E-state index in [0.29, 0.717) is 22.7 Å². The maximum absolute atomic E-state index is 13.1. The predicted octanol–water partition coefficient (Wildman–Crippen LogP) is 7.21. The van der Waals surface area contributed by atoms with E-state index in [1.807, 2.05) is 67.6 Å². The topological polar surface area (TPSA) is 84.2 Å². The molecule has 0 bridgehead atoms. The van der Waals surface area contributed by atoms with Crippen LogP contribution in [0.5, 0.6) is 0 Å². The molecule has 2 N–H and O–H groups in total. The molecule has 39 heavy (non-hydrogen) atoms. The van der Waals surface area contributed by atoms with Gasteiger partial charge in [-0.3, -0.25) is 9.78 Å². The van der Waals surface area contributed by atoms with E-state index in [2.05, 4.69) is 28.7 Å². The zero-order chi connectivity index (χ0) is 27.7. The van der Waals surface area contributed by atoms with Gasteiger partial charge in [0.15, 0.2) is 0 Å².